The summed E-state index contributed by atoms with van der Waals surface area (Å²) in [5.74, 6) is 6.02. The zero-order chi connectivity index (χ0) is 12.8. The van der Waals surface area contributed by atoms with Gasteiger partial charge in [-0.15, -0.1) is 0 Å². The monoisotopic (exact) mass is 230 g/mol. The minimum Gasteiger partial charge on any atom is -0.380 e. The van der Waals surface area contributed by atoms with Crippen LogP contribution in [0, 0.1) is 32.6 Å². The molecule has 0 aliphatic carbocycles. The highest BCUT2D eigenvalue weighted by Crippen LogP contribution is 2.14. The van der Waals surface area contributed by atoms with E-state index < -0.39 is 6.10 Å². The molecule has 0 fully saturated rings. The summed E-state index contributed by atoms with van der Waals surface area (Å²) >= 11 is 0. The Bertz CT molecular complexity index is 435. The summed E-state index contributed by atoms with van der Waals surface area (Å²) in [5, 5.41) is 9.68. The third-order valence-corrected chi connectivity index (χ3v) is 3.05. The van der Waals surface area contributed by atoms with E-state index in [0.717, 1.165) is 24.8 Å². The van der Waals surface area contributed by atoms with Crippen LogP contribution in [0.3, 0.4) is 0 Å². The van der Waals surface area contributed by atoms with Crippen molar-refractivity contribution in [3.05, 3.63) is 34.4 Å². The molecule has 1 aromatic rings. The molecule has 0 spiro atoms. The van der Waals surface area contributed by atoms with E-state index in [2.05, 4.69) is 51.7 Å². The maximum atomic E-state index is 9.68. The van der Waals surface area contributed by atoms with E-state index in [1.165, 1.54) is 16.7 Å². The van der Waals surface area contributed by atoms with Crippen LogP contribution in [0.4, 0.5) is 0 Å². The van der Waals surface area contributed by atoms with Crippen molar-refractivity contribution >= 4 is 0 Å². The molecule has 0 aliphatic heterocycles. The third kappa shape index (κ3) is 4.24. The van der Waals surface area contributed by atoms with Gasteiger partial charge in [-0.3, -0.25) is 0 Å². The number of rotatable bonds is 3. The number of aryl methyl sites for hydroxylation is 3. The highest BCUT2D eigenvalue weighted by atomic mass is 16.3. The molecule has 1 N–H and O–H groups in total. The van der Waals surface area contributed by atoms with Crippen molar-refractivity contribution in [3.63, 3.8) is 0 Å². The molecule has 1 aromatic carbocycles. The van der Waals surface area contributed by atoms with Crippen LogP contribution in [0.5, 0.6) is 0 Å². The fraction of sp³-hybridized carbons (Fsp3) is 0.500. The summed E-state index contributed by atoms with van der Waals surface area (Å²) < 4.78 is 0. The summed E-state index contributed by atoms with van der Waals surface area (Å²) in [7, 11) is 0. The molecule has 17 heavy (non-hydrogen) atoms. The van der Waals surface area contributed by atoms with Gasteiger partial charge in [0.05, 0.1) is 0 Å². The largest absolute Gasteiger partial charge is 0.380 e. The molecule has 0 radical (unpaired) electrons. The van der Waals surface area contributed by atoms with Gasteiger partial charge in [-0.05, 0) is 49.9 Å². The number of aliphatic hydroxyl groups excluding tert-OH is 1. The molecule has 1 heteroatoms. The molecule has 1 unspecified atom stereocenters. The Hall–Kier alpha value is -1.26. The molecule has 1 nitrogen and oxygen atoms in total. The van der Waals surface area contributed by atoms with Crippen molar-refractivity contribution < 1.29 is 5.11 Å². The van der Waals surface area contributed by atoms with Crippen LogP contribution in [0.15, 0.2) is 12.1 Å². The van der Waals surface area contributed by atoms with Crippen molar-refractivity contribution in [2.45, 2.75) is 53.1 Å². The van der Waals surface area contributed by atoms with Gasteiger partial charge in [-0.1, -0.05) is 37.7 Å². The number of hydrogen-bond acceptors (Lipinski definition) is 1. The Balaban J connectivity index is 2.81. The van der Waals surface area contributed by atoms with E-state index in [4.69, 9.17) is 0 Å². The predicted octanol–water partition coefficient (Wildman–Crippen LogP) is 3.51. The Morgan fingerprint density at radius 1 is 1.12 bits per heavy atom. The lowest BCUT2D eigenvalue weighted by Crippen LogP contribution is -2.02. The van der Waals surface area contributed by atoms with Gasteiger partial charge in [0.15, 0.2) is 0 Å². The Morgan fingerprint density at radius 3 is 2.41 bits per heavy atom. The summed E-state index contributed by atoms with van der Waals surface area (Å²) in [6.45, 7) is 8.38. The Morgan fingerprint density at radius 2 is 1.76 bits per heavy atom. The summed E-state index contributed by atoms with van der Waals surface area (Å²) in [4.78, 5) is 0. The minimum absolute atomic E-state index is 0.490. The van der Waals surface area contributed by atoms with Crippen LogP contribution in [-0.4, -0.2) is 11.2 Å². The SMILES string of the molecule is CCCCC(O)C#Cc1cc(C)c(C)cc1C. The molecule has 0 saturated heterocycles. The molecule has 0 aromatic heterocycles. The van der Waals surface area contributed by atoms with Gasteiger partial charge in [0, 0.05) is 5.56 Å². The molecule has 0 aliphatic rings. The number of unbranched alkanes of at least 4 members (excludes halogenated alkanes) is 1. The van der Waals surface area contributed by atoms with E-state index in [0.29, 0.717) is 0 Å². The molecule has 0 bridgehead atoms. The third-order valence-electron chi connectivity index (χ3n) is 3.05. The average molecular weight is 230 g/mol. The first-order valence-electron chi connectivity index (χ1n) is 6.32. The van der Waals surface area contributed by atoms with Crippen molar-refractivity contribution in [1.29, 1.82) is 0 Å². The van der Waals surface area contributed by atoms with E-state index in [1.54, 1.807) is 0 Å². The molecule has 0 saturated carbocycles. The Kier molecular flexibility index (Phi) is 5.25. The minimum atomic E-state index is -0.490. The lowest BCUT2D eigenvalue weighted by Gasteiger charge is -2.05. The zero-order valence-electron chi connectivity index (χ0n) is 11.3. The van der Waals surface area contributed by atoms with Crippen LogP contribution < -0.4 is 0 Å². The van der Waals surface area contributed by atoms with Crippen molar-refractivity contribution in [1.82, 2.24) is 0 Å². The first-order chi connectivity index (χ1) is 8.04. The average Bonchev–Trinajstić information content (AvgIpc) is 2.29. The topological polar surface area (TPSA) is 20.2 Å². The first-order valence-corrected chi connectivity index (χ1v) is 6.32. The smallest absolute Gasteiger partial charge is 0.115 e. The molecule has 0 amide bonds. The maximum Gasteiger partial charge on any atom is 0.115 e. The highest BCUT2D eigenvalue weighted by molar-refractivity contribution is 5.46. The second-order valence-corrected chi connectivity index (χ2v) is 4.68. The van der Waals surface area contributed by atoms with E-state index in [9.17, 15) is 5.11 Å². The van der Waals surface area contributed by atoms with Crippen LogP contribution in [0.2, 0.25) is 0 Å². The van der Waals surface area contributed by atoms with Gasteiger partial charge >= 0.3 is 0 Å². The molecule has 92 valence electrons. The second-order valence-electron chi connectivity index (χ2n) is 4.68. The van der Waals surface area contributed by atoms with Crippen LogP contribution in [0.1, 0.15) is 48.4 Å². The molecule has 0 heterocycles. The van der Waals surface area contributed by atoms with Gasteiger partial charge in [-0.25, -0.2) is 0 Å². The summed E-state index contributed by atoms with van der Waals surface area (Å²) in [6, 6.07) is 4.25. The Labute approximate surface area is 105 Å². The fourth-order valence-electron chi connectivity index (χ4n) is 1.73. The van der Waals surface area contributed by atoms with E-state index in [1.807, 2.05) is 0 Å². The standard InChI is InChI=1S/C16H22O/c1-5-6-7-16(17)9-8-15-11-13(3)12(2)10-14(15)4/h10-11,16-17H,5-7H2,1-4H3. The van der Waals surface area contributed by atoms with E-state index in [-0.39, 0.29) is 0 Å². The van der Waals surface area contributed by atoms with Crippen molar-refractivity contribution in [2.24, 2.45) is 0 Å². The predicted molar refractivity (Wildman–Crippen MR) is 73.1 cm³/mol. The van der Waals surface area contributed by atoms with Gasteiger partial charge in [-0.2, -0.15) is 0 Å². The van der Waals surface area contributed by atoms with Crippen molar-refractivity contribution in [3.8, 4) is 11.8 Å². The quantitative estimate of drug-likeness (QED) is 0.788. The number of benzene rings is 1. The van der Waals surface area contributed by atoms with Gasteiger partial charge in [0.2, 0.25) is 0 Å². The molecular formula is C16H22O. The lowest BCUT2D eigenvalue weighted by atomic mass is 10.0. The lowest BCUT2D eigenvalue weighted by molar-refractivity contribution is 0.218. The van der Waals surface area contributed by atoms with Gasteiger partial charge in [0.1, 0.15) is 6.10 Å². The number of hydrogen-bond donors (Lipinski definition) is 1. The molecule has 1 rings (SSSR count). The van der Waals surface area contributed by atoms with Crippen molar-refractivity contribution in [2.75, 3.05) is 0 Å². The highest BCUT2D eigenvalue weighted by Gasteiger charge is 2.00. The second kappa shape index (κ2) is 6.47. The maximum absolute atomic E-state index is 9.68. The fourth-order valence-corrected chi connectivity index (χ4v) is 1.73. The van der Waals surface area contributed by atoms with Gasteiger partial charge in [0.25, 0.3) is 0 Å². The molecular weight excluding hydrogens is 208 g/mol. The van der Waals surface area contributed by atoms with E-state index >= 15 is 0 Å². The van der Waals surface area contributed by atoms with Crippen LogP contribution >= 0.6 is 0 Å². The summed E-state index contributed by atoms with van der Waals surface area (Å²) in [5.41, 5.74) is 4.76. The first kappa shape index (κ1) is 13.8. The number of aliphatic hydroxyl groups is 1. The van der Waals surface area contributed by atoms with Crippen LogP contribution in [0.25, 0.3) is 0 Å². The molecule has 1 atom stereocenters. The summed E-state index contributed by atoms with van der Waals surface area (Å²) in [6.07, 6.45) is 2.41. The normalized spacial score (nSPS) is 11.8. The zero-order valence-corrected chi connectivity index (χ0v) is 11.3. The van der Waals surface area contributed by atoms with Gasteiger partial charge < -0.3 is 5.11 Å². The van der Waals surface area contributed by atoms with Crippen LogP contribution in [-0.2, 0) is 0 Å².